The van der Waals surface area contributed by atoms with E-state index in [1.54, 1.807) is 6.08 Å². The Hall–Kier alpha value is -1.57. The predicted molar refractivity (Wildman–Crippen MR) is 142 cm³/mol. The van der Waals surface area contributed by atoms with Gasteiger partial charge in [0.15, 0.2) is 0 Å². The Bertz CT molecular complexity index is 499. The molecule has 184 valence electrons. The topological polar surface area (TPSA) is 37.3 Å². The van der Waals surface area contributed by atoms with Crippen LogP contribution in [-0.2, 0) is 4.79 Å². The first-order chi connectivity index (χ1) is 15.8. The largest absolute Gasteiger partial charge is 0.478 e. The van der Waals surface area contributed by atoms with Gasteiger partial charge in [-0.2, -0.15) is 0 Å². The lowest BCUT2D eigenvalue weighted by Crippen LogP contribution is -1.84. The smallest absolute Gasteiger partial charge is 0.328 e. The molecule has 0 radical (unpaired) electrons. The van der Waals surface area contributed by atoms with Crippen LogP contribution in [0.3, 0.4) is 0 Å². The molecule has 2 heteroatoms. The summed E-state index contributed by atoms with van der Waals surface area (Å²) in [5.41, 5.74) is 0. The lowest BCUT2D eigenvalue weighted by Gasteiger charge is -2.03. The molecular weight excluding hydrogens is 392 g/mol. The van der Waals surface area contributed by atoms with Crippen LogP contribution in [0.5, 0.6) is 0 Å². The average molecular weight is 445 g/mol. The molecule has 0 aliphatic rings. The molecule has 0 saturated carbocycles. The maximum absolute atomic E-state index is 10.3. The van der Waals surface area contributed by atoms with Gasteiger partial charge in [-0.3, -0.25) is 0 Å². The highest BCUT2D eigenvalue weighted by Crippen LogP contribution is 2.14. The third-order valence-electron chi connectivity index (χ3n) is 5.90. The van der Waals surface area contributed by atoms with E-state index in [4.69, 9.17) is 5.11 Å². The third-order valence-corrected chi connectivity index (χ3v) is 5.90. The van der Waals surface area contributed by atoms with E-state index < -0.39 is 5.97 Å². The molecule has 0 aromatic heterocycles. The average Bonchev–Trinajstić information content (AvgIpc) is 2.78. The van der Waals surface area contributed by atoms with E-state index >= 15 is 0 Å². The van der Waals surface area contributed by atoms with Crippen molar-refractivity contribution in [3.05, 3.63) is 48.6 Å². The molecule has 0 fully saturated rings. The third kappa shape index (κ3) is 28.4. The van der Waals surface area contributed by atoms with E-state index in [1.165, 1.54) is 128 Å². The van der Waals surface area contributed by atoms with Gasteiger partial charge in [-0.1, -0.05) is 165 Å². The molecule has 0 atom stereocenters. The molecule has 0 spiro atoms. The number of aliphatic carboxylic acids is 1. The highest BCUT2D eigenvalue weighted by atomic mass is 16.4. The zero-order valence-corrected chi connectivity index (χ0v) is 21.1. The summed E-state index contributed by atoms with van der Waals surface area (Å²) >= 11 is 0. The second-order valence-corrected chi connectivity index (χ2v) is 9.05. The monoisotopic (exact) mass is 444 g/mol. The number of carboxylic acid groups (broad SMARTS) is 1. The summed E-state index contributed by atoms with van der Waals surface area (Å²) in [6.07, 6.45) is 42.5. The zero-order valence-electron chi connectivity index (χ0n) is 21.1. The number of unbranched alkanes of at least 4 members (excludes halogenated alkanes) is 19. The first-order valence-electron chi connectivity index (χ1n) is 13.7. The van der Waals surface area contributed by atoms with Crippen LogP contribution in [0.25, 0.3) is 0 Å². The van der Waals surface area contributed by atoms with Crippen molar-refractivity contribution in [2.45, 2.75) is 135 Å². The molecule has 0 aliphatic heterocycles. The van der Waals surface area contributed by atoms with Gasteiger partial charge in [-0.15, -0.1) is 0 Å². The van der Waals surface area contributed by atoms with Crippen LogP contribution in [0, 0.1) is 0 Å². The minimum Gasteiger partial charge on any atom is -0.478 e. The van der Waals surface area contributed by atoms with Gasteiger partial charge in [0.25, 0.3) is 0 Å². The molecule has 0 saturated heterocycles. The number of allylic oxidation sites excluding steroid dienone is 7. The van der Waals surface area contributed by atoms with Crippen LogP contribution in [0.4, 0.5) is 0 Å². The Balaban J connectivity index is 3.20. The standard InChI is InChI=1S/C30H52O2/c1-2-3-4-5-6-7-8-9-10-11-12-13-14-15-16-17-18-19-20-21-22-23-24-25-26-27-28-29-30(31)32/h22-29H,2-21H2,1H3,(H,31,32)/b23-22+,25-24+,27-26+,29-28+. The Kier molecular flexibility index (Phi) is 26.1. The quantitative estimate of drug-likeness (QED) is 0.0913. The Morgan fingerprint density at radius 2 is 0.844 bits per heavy atom. The van der Waals surface area contributed by atoms with Gasteiger partial charge in [0.2, 0.25) is 0 Å². The molecule has 0 aliphatic carbocycles. The van der Waals surface area contributed by atoms with E-state index in [0.717, 1.165) is 12.5 Å². The summed E-state index contributed by atoms with van der Waals surface area (Å²) in [6, 6.07) is 0. The summed E-state index contributed by atoms with van der Waals surface area (Å²) < 4.78 is 0. The number of carbonyl (C=O) groups is 1. The van der Waals surface area contributed by atoms with Crippen molar-refractivity contribution >= 4 is 5.97 Å². The lowest BCUT2D eigenvalue weighted by atomic mass is 10.0. The minimum atomic E-state index is -0.918. The normalized spacial score (nSPS) is 12.3. The molecule has 32 heavy (non-hydrogen) atoms. The van der Waals surface area contributed by atoms with Crippen molar-refractivity contribution in [3.8, 4) is 0 Å². The number of carboxylic acids is 1. The minimum absolute atomic E-state index is 0.918. The first-order valence-corrected chi connectivity index (χ1v) is 13.7. The van der Waals surface area contributed by atoms with Crippen LogP contribution < -0.4 is 0 Å². The van der Waals surface area contributed by atoms with Gasteiger partial charge in [0.1, 0.15) is 0 Å². The summed E-state index contributed by atoms with van der Waals surface area (Å²) in [5.74, 6) is -0.918. The van der Waals surface area contributed by atoms with Crippen molar-refractivity contribution < 1.29 is 9.90 Å². The second kappa shape index (κ2) is 27.5. The summed E-state index contributed by atoms with van der Waals surface area (Å²) in [5, 5.41) is 8.46. The predicted octanol–water partition coefficient (Wildman–Crippen LogP) is 10.1. The van der Waals surface area contributed by atoms with E-state index in [2.05, 4.69) is 19.1 Å². The Morgan fingerprint density at radius 3 is 1.25 bits per heavy atom. The molecule has 0 amide bonds. The van der Waals surface area contributed by atoms with E-state index in [1.807, 2.05) is 18.2 Å². The maximum Gasteiger partial charge on any atom is 0.328 e. The number of hydrogen-bond acceptors (Lipinski definition) is 1. The molecule has 0 aromatic rings. The molecular formula is C30H52O2. The zero-order chi connectivity index (χ0) is 23.4. The molecule has 0 heterocycles. The van der Waals surface area contributed by atoms with Crippen LogP contribution in [0.15, 0.2) is 48.6 Å². The fourth-order valence-corrected chi connectivity index (χ4v) is 3.91. The molecule has 0 unspecified atom stereocenters. The van der Waals surface area contributed by atoms with E-state index in [9.17, 15) is 4.79 Å². The SMILES string of the molecule is CCCCCCCCCCCCCCCCCCCCC/C=C/C=C/C=C/C=C/C(=O)O. The molecule has 2 nitrogen and oxygen atoms in total. The summed E-state index contributed by atoms with van der Waals surface area (Å²) in [7, 11) is 0. The van der Waals surface area contributed by atoms with Crippen molar-refractivity contribution in [3.63, 3.8) is 0 Å². The summed E-state index contributed by atoms with van der Waals surface area (Å²) in [4.78, 5) is 10.3. The van der Waals surface area contributed by atoms with Gasteiger partial charge in [0.05, 0.1) is 0 Å². The van der Waals surface area contributed by atoms with Crippen LogP contribution in [0.1, 0.15) is 135 Å². The Labute approximate surface area is 200 Å². The van der Waals surface area contributed by atoms with Crippen molar-refractivity contribution in [2.75, 3.05) is 0 Å². The first kappa shape index (κ1) is 30.4. The van der Waals surface area contributed by atoms with Crippen molar-refractivity contribution in [1.29, 1.82) is 0 Å². The van der Waals surface area contributed by atoms with Crippen LogP contribution >= 0.6 is 0 Å². The van der Waals surface area contributed by atoms with Gasteiger partial charge in [-0.05, 0) is 12.8 Å². The lowest BCUT2D eigenvalue weighted by molar-refractivity contribution is -0.131. The van der Waals surface area contributed by atoms with Gasteiger partial charge >= 0.3 is 5.97 Å². The number of rotatable bonds is 24. The molecule has 0 rings (SSSR count). The highest BCUT2D eigenvalue weighted by molar-refractivity contribution is 5.80. The van der Waals surface area contributed by atoms with Gasteiger partial charge in [0, 0.05) is 6.08 Å². The van der Waals surface area contributed by atoms with Gasteiger partial charge in [-0.25, -0.2) is 4.79 Å². The number of hydrogen-bond donors (Lipinski definition) is 1. The van der Waals surface area contributed by atoms with Gasteiger partial charge < -0.3 is 5.11 Å². The molecule has 1 N–H and O–H groups in total. The second-order valence-electron chi connectivity index (χ2n) is 9.05. The van der Waals surface area contributed by atoms with Crippen molar-refractivity contribution in [1.82, 2.24) is 0 Å². The van der Waals surface area contributed by atoms with E-state index in [-0.39, 0.29) is 0 Å². The molecule has 0 bridgehead atoms. The highest BCUT2D eigenvalue weighted by Gasteiger charge is 1.95. The fraction of sp³-hybridized carbons (Fsp3) is 0.700. The van der Waals surface area contributed by atoms with Crippen LogP contribution in [0.2, 0.25) is 0 Å². The fourth-order valence-electron chi connectivity index (χ4n) is 3.91. The van der Waals surface area contributed by atoms with Crippen molar-refractivity contribution in [2.24, 2.45) is 0 Å². The van der Waals surface area contributed by atoms with Crippen LogP contribution in [-0.4, -0.2) is 11.1 Å². The van der Waals surface area contributed by atoms with E-state index in [0.29, 0.717) is 0 Å². The Morgan fingerprint density at radius 1 is 0.500 bits per heavy atom. The summed E-state index contributed by atoms with van der Waals surface area (Å²) in [6.45, 7) is 2.29. The maximum atomic E-state index is 10.3. The molecule has 0 aromatic carbocycles.